The van der Waals surface area contributed by atoms with Gasteiger partial charge in [-0.1, -0.05) is 0 Å². The Morgan fingerprint density at radius 3 is 2.76 bits per heavy atom. The molecule has 4 heteroatoms. The van der Waals surface area contributed by atoms with Crippen LogP contribution in [0, 0.1) is 5.92 Å². The summed E-state index contributed by atoms with van der Waals surface area (Å²) in [5, 5.41) is 6.28. The number of carbonyl (C=O) groups is 1. The predicted molar refractivity (Wildman–Crippen MR) is 67.4 cm³/mol. The number of aromatic nitrogens is 1. The summed E-state index contributed by atoms with van der Waals surface area (Å²) in [6.07, 6.45) is 6.10. The third-order valence-electron chi connectivity index (χ3n) is 3.62. The second-order valence-electron chi connectivity index (χ2n) is 4.75. The molecule has 94 valence electrons. The van der Waals surface area contributed by atoms with E-state index < -0.39 is 0 Å². The largest absolute Gasteiger partial charge is 0.364 e. The Morgan fingerprint density at radius 2 is 2.18 bits per heavy atom. The molecule has 1 fully saturated rings. The molecule has 2 rings (SSSR count). The van der Waals surface area contributed by atoms with Gasteiger partial charge in [-0.15, -0.1) is 0 Å². The van der Waals surface area contributed by atoms with Gasteiger partial charge in [0, 0.05) is 23.9 Å². The van der Waals surface area contributed by atoms with Crippen LogP contribution in [0.2, 0.25) is 0 Å². The van der Waals surface area contributed by atoms with E-state index in [9.17, 15) is 4.79 Å². The minimum Gasteiger partial charge on any atom is -0.364 e. The van der Waals surface area contributed by atoms with Gasteiger partial charge in [-0.2, -0.15) is 0 Å². The van der Waals surface area contributed by atoms with Crippen LogP contribution in [-0.4, -0.2) is 24.0 Å². The topological polar surface area (TPSA) is 56.9 Å². The summed E-state index contributed by atoms with van der Waals surface area (Å²) < 4.78 is 0. The van der Waals surface area contributed by atoms with Gasteiger partial charge in [0.25, 0.3) is 0 Å². The Labute approximate surface area is 102 Å². The molecule has 17 heavy (non-hydrogen) atoms. The lowest BCUT2D eigenvalue weighted by molar-refractivity contribution is -0.126. The lowest BCUT2D eigenvalue weighted by Crippen LogP contribution is -2.37. The van der Waals surface area contributed by atoms with Crippen LogP contribution in [0.1, 0.15) is 31.4 Å². The zero-order chi connectivity index (χ0) is 12.1. The molecule has 1 aromatic rings. The van der Waals surface area contributed by atoms with Crippen molar-refractivity contribution in [2.24, 2.45) is 5.92 Å². The highest BCUT2D eigenvalue weighted by molar-refractivity contribution is 5.78. The highest BCUT2D eigenvalue weighted by Crippen LogP contribution is 2.24. The number of nitrogens with one attached hydrogen (secondary N) is 3. The number of carbonyl (C=O) groups excluding carboxylic acids is 1. The maximum atomic E-state index is 11.9. The average molecular weight is 235 g/mol. The zero-order valence-electron chi connectivity index (χ0n) is 10.3. The molecule has 0 spiro atoms. The molecule has 3 N–H and O–H groups in total. The Hall–Kier alpha value is -1.29. The van der Waals surface area contributed by atoms with Gasteiger partial charge in [0.1, 0.15) is 0 Å². The quantitative estimate of drug-likeness (QED) is 0.739. The highest BCUT2D eigenvalue weighted by atomic mass is 16.1. The van der Waals surface area contributed by atoms with E-state index in [0.717, 1.165) is 31.4 Å². The van der Waals surface area contributed by atoms with Gasteiger partial charge in [0.15, 0.2) is 0 Å². The molecular weight excluding hydrogens is 214 g/mol. The fourth-order valence-corrected chi connectivity index (χ4v) is 2.45. The molecule has 4 nitrogen and oxygen atoms in total. The van der Waals surface area contributed by atoms with E-state index in [1.807, 2.05) is 25.4 Å². The Morgan fingerprint density at radius 1 is 1.41 bits per heavy atom. The molecular formula is C13H21N3O. The number of H-pyrrole nitrogens is 1. The number of hydrogen-bond donors (Lipinski definition) is 3. The molecule has 0 radical (unpaired) electrons. The second-order valence-corrected chi connectivity index (χ2v) is 4.75. The first kappa shape index (κ1) is 12.2. The highest BCUT2D eigenvalue weighted by Gasteiger charge is 2.25. The fraction of sp³-hybridized carbons (Fsp3) is 0.615. The van der Waals surface area contributed by atoms with Gasteiger partial charge in [-0.25, -0.2) is 0 Å². The van der Waals surface area contributed by atoms with E-state index in [4.69, 9.17) is 0 Å². The van der Waals surface area contributed by atoms with Gasteiger partial charge in [0.05, 0.1) is 6.54 Å². The minimum atomic E-state index is 0.203. The molecule has 0 aromatic carbocycles. The van der Waals surface area contributed by atoms with Crippen molar-refractivity contribution in [3.63, 3.8) is 0 Å². The van der Waals surface area contributed by atoms with E-state index >= 15 is 0 Å². The van der Waals surface area contributed by atoms with E-state index in [0.29, 0.717) is 12.6 Å². The van der Waals surface area contributed by atoms with Crippen molar-refractivity contribution in [3.05, 3.63) is 24.0 Å². The number of aromatic amines is 1. The van der Waals surface area contributed by atoms with Gasteiger partial charge < -0.3 is 15.6 Å². The predicted octanol–water partition coefficient (Wildman–Crippen LogP) is 1.41. The van der Waals surface area contributed by atoms with Crippen LogP contribution >= 0.6 is 0 Å². The smallest absolute Gasteiger partial charge is 0.223 e. The summed E-state index contributed by atoms with van der Waals surface area (Å²) in [6.45, 7) is 0.609. The minimum absolute atomic E-state index is 0.203. The summed E-state index contributed by atoms with van der Waals surface area (Å²) in [5.41, 5.74) is 1.06. The first-order chi connectivity index (χ1) is 8.29. The van der Waals surface area contributed by atoms with Crippen LogP contribution in [0.15, 0.2) is 18.3 Å². The van der Waals surface area contributed by atoms with E-state index in [1.165, 1.54) is 0 Å². The van der Waals surface area contributed by atoms with Crippen LogP contribution in [-0.2, 0) is 11.3 Å². The maximum absolute atomic E-state index is 11.9. The summed E-state index contributed by atoms with van der Waals surface area (Å²) in [7, 11) is 2.00. The third kappa shape index (κ3) is 3.33. The second kappa shape index (κ2) is 5.87. The molecule has 0 bridgehead atoms. The van der Waals surface area contributed by atoms with Crippen molar-refractivity contribution in [1.29, 1.82) is 0 Å². The van der Waals surface area contributed by atoms with Crippen LogP contribution < -0.4 is 10.6 Å². The lowest BCUT2D eigenvalue weighted by atomic mass is 9.85. The lowest BCUT2D eigenvalue weighted by Gasteiger charge is -2.27. The average Bonchev–Trinajstić information content (AvgIpc) is 2.89. The van der Waals surface area contributed by atoms with Crippen molar-refractivity contribution in [2.45, 2.75) is 38.3 Å². The monoisotopic (exact) mass is 235 g/mol. The number of hydrogen-bond acceptors (Lipinski definition) is 2. The molecule has 0 saturated heterocycles. The maximum Gasteiger partial charge on any atom is 0.223 e. The summed E-state index contributed by atoms with van der Waals surface area (Å²) in [4.78, 5) is 15.0. The van der Waals surface area contributed by atoms with E-state index in [2.05, 4.69) is 15.6 Å². The normalized spacial score (nSPS) is 24.5. The molecule has 1 saturated carbocycles. The SMILES string of the molecule is CNC1CCC(C(=O)NCc2ccc[nH]2)CC1. The molecule has 0 atom stereocenters. The molecule has 1 amide bonds. The van der Waals surface area contributed by atoms with Crippen molar-refractivity contribution >= 4 is 5.91 Å². The number of rotatable bonds is 4. The van der Waals surface area contributed by atoms with Crippen LogP contribution in [0.4, 0.5) is 0 Å². The van der Waals surface area contributed by atoms with Crippen molar-refractivity contribution < 1.29 is 4.79 Å². The van der Waals surface area contributed by atoms with Crippen molar-refractivity contribution in [2.75, 3.05) is 7.05 Å². The summed E-state index contributed by atoms with van der Waals surface area (Å²) in [5.74, 6) is 0.406. The van der Waals surface area contributed by atoms with E-state index in [-0.39, 0.29) is 11.8 Å². The van der Waals surface area contributed by atoms with Gasteiger partial charge >= 0.3 is 0 Å². The van der Waals surface area contributed by atoms with Gasteiger partial charge in [-0.3, -0.25) is 4.79 Å². The van der Waals surface area contributed by atoms with Gasteiger partial charge in [0.2, 0.25) is 5.91 Å². The van der Waals surface area contributed by atoms with Crippen LogP contribution in [0.5, 0.6) is 0 Å². The van der Waals surface area contributed by atoms with Crippen molar-refractivity contribution in [3.8, 4) is 0 Å². The molecule has 1 aliphatic carbocycles. The first-order valence-electron chi connectivity index (χ1n) is 6.37. The Bertz CT molecular complexity index is 340. The molecule has 0 aliphatic heterocycles. The fourth-order valence-electron chi connectivity index (χ4n) is 2.45. The van der Waals surface area contributed by atoms with E-state index in [1.54, 1.807) is 0 Å². The molecule has 1 aliphatic rings. The first-order valence-corrected chi connectivity index (χ1v) is 6.37. The van der Waals surface area contributed by atoms with Gasteiger partial charge in [-0.05, 0) is 44.9 Å². The zero-order valence-corrected chi connectivity index (χ0v) is 10.3. The van der Waals surface area contributed by atoms with Crippen LogP contribution in [0.25, 0.3) is 0 Å². The van der Waals surface area contributed by atoms with Crippen LogP contribution in [0.3, 0.4) is 0 Å². The third-order valence-corrected chi connectivity index (χ3v) is 3.62. The molecule has 1 aromatic heterocycles. The van der Waals surface area contributed by atoms with Crippen molar-refractivity contribution in [1.82, 2.24) is 15.6 Å². The summed E-state index contributed by atoms with van der Waals surface area (Å²) in [6, 6.07) is 4.53. The Kier molecular flexibility index (Phi) is 4.20. The molecule has 1 heterocycles. The standard InChI is InChI=1S/C13H21N3O/c1-14-11-6-4-10(5-7-11)13(17)16-9-12-3-2-8-15-12/h2-3,8,10-11,14-15H,4-7,9H2,1H3,(H,16,17). The summed E-state index contributed by atoms with van der Waals surface area (Å²) >= 11 is 0. The molecule has 0 unspecified atom stereocenters. The number of amides is 1. The Balaban J connectivity index is 1.73.